The summed E-state index contributed by atoms with van der Waals surface area (Å²) in [4.78, 5) is 23.1. The van der Waals surface area contributed by atoms with E-state index in [2.05, 4.69) is 15.1 Å². The molecule has 0 atom stereocenters. The van der Waals surface area contributed by atoms with Crippen molar-refractivity contribution in [1.82, 2.24) is 24.6 Å². The molecule has 9 heteroatoms. The van der Waals surface area contributed by atoms with E-state index in [1.54, 1.807) is 36.1 Å². The fourth-order valence-corrected chi connectivity index (χ4v) is 3.33. The fourth-order valence-electron chi connectivity index (χ4n) is 3.33. The molecular weight excluding hydrogens is 389 g/mol. The summed E-state index contributed by atoms with van der Waals surface area (Å²) in [5.74, 6) is -0.00117. The first-order chi connectivity index (χ1) is 14.5. The van der Waals surface area contributed by atoms with Crippen molar-refractivity contribution >= 4 is 5.91 Å². The van der Waals surface area contributed by atoms with Crippen molar-refractivity contribution < 1.29 is 19.0 Å². The molecule has 1 N–H and O–H groups in total. The van der Waals surface area contributed by atoms with Crippen LogP contribution in [0.15, 0.2) is 36.7 Å². The molecule has 0 radical (unpaired) electrons. The molecule has 8 nitrogen and oxygen atoms in total. The van der Waals surface area contributed by atoms with Gasteiger partial charge in [0.25, 0.3) is 11.9 Å². The van der Waals surface area contributed by atoms with Crippen molar-refractivity contribution in [2.24, 2.45) is 0 Å². The molecule has 1 amide bonds. The number of likely N-dealkylation sites (N-methyl/N-ethyl adjacent to an activating group) is 1. The third kappa shape index (κ3) is 3.76. The standard InChI is InChI=1S/C21H22FN5O3/c1-26(9-10-28)20(29)15-12-24-27(19(15)13-3-4-13)21-23-8-7-17(25-21)14-5-6-18(30-2)16(22)11-14/h5-8,11-13,28H,3-4,9-10H2,1-2H3. The molecule has 2 aromatic heterocycles. The highest BCUT2D eigenvalue weighted by atomic mass is 19.1. The Morgan fingerprint density at radius 2 is 2.17 bits per heavy atom. The molecule has 1 aliphatic rings. The Balaban J connectivity index is 1.72. The first-order valence-corrected chi connectivity index (χ1v) is 9.65. The van der Waals surface area contributed by atoms with Gasteiger partial charge in [0.05, 0.1) is 36.9 Å². The number of amides is 1. The molecule has 0 unspecified atom stereocenters. The van der Waals surface area contributed by atoms with Crippen molar-refractivity contribution in [2.75, 3.05) is 27.3 Å². The van der Waals surface area contributed by atoms with E-state index < -0.39 is 5.82 Å². The van der Waals surface area contributed by atoms with E-state index in [4.69, 9.17) is 9.84 Å². The van der Waals surface area contributed by atoms with Gasteiger partial charge in [-0.15, -0.1) is 0 Å². The Kier molecular flexibility index (Phi) is 5.45. The van der Waals surface area contributed by atoms with E-state index in [1.807, 2.05) is 0 Å². The van der Waals surface area contributed by atoms with Crippen LogP contribution in [0.5, 0.6) is 5.75 Å². The van der Waals surface area contributed by atoms with Crippen LogP contribution in [0.1, 0.15) is 34.8 Å². The molecule has 4 rings (SSSR count). The Labute approximate surface area is 173 Å². The van der Waals surface area contributed by atoms with Gasteiger partial charge in [0.2, 0.25) is 0 Å². The number of nitrogens with zero attached hydrogens (tertiary/aromatic N) is 5. The van der Waals surface area contributed by atoms with Crippen LogP contribution in [0.2, 0.25) is 0 Å². The van der Waals surface area contributed by atoms with Crippen LogP contribution in [0, 0.1) is 5.82 Å². The zero-order valence-corrected chi connectivity index (χ0v) is 16.7. The smallest absolute Gasteiger partial charge is 0.257 e. The third-order valence-electron chi connectivity index (χ3n) is 5.06. The molecule has 0 spiro atoms. The second kappa shape index (κ2) is 8.19. The quantitative estimate of drug-likeness (QED) is 0.642. The third-order valence-corrected chi connectivity index (χ3v) is 5.06. The molecule has 1 aromatic carbocycles. The van der Waals surface area contributed by atoms with Crippen LogP contribution >= 0.6 is 0 Å². The number of benzene rings is 1. The van der Waals surface area contributed by atoms with Gasteiger partial charge in [-0.1, -0.05) is 0 Å². The largest absolute Gasteiger partial charge is 0.494 e. The van der Waals surface area contributed by atoms with Gasteiger partial charge >= 0.3 is 0 Å². The van der Waals surface area contributed by atoms with Gasteiger partial charge in [0.1, 0.15) is 0 Å². The van der Waals surface area contributed by atoms with Gasteiger partial charge < -0.3 is 14.7 Å². The SMILES string of the molecule is COc1ccc(-c2ccnc(-n3ncc(C(=O)N(C)CCO)c3C3CC3)n2)cc1F. The Morgan fingerprint density at radius 3 is 2.83 bits per heavy atom. The molecule has 0 bridgehead atoms. The highest BCUT2D eigenvalue weighted by molar-refractivity contribution is 5.95. The number of hydrogen-bond donors (Lipinski definition) is 1. The number of aliphatic hydroxyl groups excluding tert-OH is 1. The van der Waals surface area contributed by atoms with Crippen LogP contribution in [-0.4, -0.2) is 63.0 Å². The average Bonchev–Trinajstić information content (AvgIpc) is 3.51. The summed E-state index contributed by atoms with van der Waals surface area (Å²) in [6.07, 6.45) is 5.02. The predicted molar refractivity (Wildman–Crippen MR) is 107 cm³/mol. The molecule has 156 valence electrons. The number of halogens is 1. The summed E-state index contributed by atoms with van der Waals surface area (Å²) < 4.78 is 20.7. The van der Waals surface area contributed by atoms with Crippen molar-refractivity contribution in [3.05, 3.63) is 53.7 Å². The lowest BCUT2D eigenvalue weighted by Crippen LogP contribution is -2.30. The molecular formula is C21H22FN5O3. The summed E-state index contributed by atoms with van der Waals surface area (Å²) in [7, 11) is 3.05. The minimum atomic E-state index is -0.479. The van der Waals surface area contributed by atoms with Crippen LogP contribution in [0.25, 0.3) is 17.2 Å². The van der Waals surface area contributed by atoms with Crippen LogP contribution in [-0.2, 0) is 0 Å². The van der Waals surface area contributed by atoms with E-state index in [-0.39, 0.29) is 30.7 Å². The summed E-state index contributed by atoms with van der Waals surface area (Å²) in [6, 6.07) is 6.31. The summed E-state index contributed by atoms with van der Waals surface area (Å²) in [6.45, 7) is 0.127. The monoisotopic (exact) mass is 411 g/mol. The number of ether oxygens (including phenoxy) is 1. The lowest BCUT2D eigenvalue weighted by Gasteiger charge is -2.16. The van der Waals surface area contributed by atoms with Crippen molar-refractivity contribution in [3.8, 4) is 23.0 Å². The van der Waals surface area contributed by atoms with Gasteiger partial charge in [0.15, 0.2) is 11.6 Å². The number of rotatable bonds is 7. The van der Waals surface area contributed by atoms with E-state index in [1.165, 1.54) is 24.3 Å². The molecule has 1 saturated carbocycles. The molecule has 1 fully saturated rings. The molecule has 1 aliphatic carbocycles. The zero-order valence-electron chi connectivity index (χ0n) is 16.7. The summed E-state index contributed by atoms with van der Waals surface area (Å²) >= 11 is 0. The van der Waals surface area contributed by atoms with Crippen LogP contribution in [0.3, 0.4) is 0 Å². The van der Waals surface area contributed by atoms with Crippen LogP contribution < -0.4 is 4.74 Å². The average molecular weight is 411 g/mol. The Bertz CT molecular complexity index is 1080. The molecule has 0 saturated heterocycles. The highest BCUT2D eigenvalue weighted by Gasteiger charge is 2.34. The van der Waals surface area contributed by atoms with Crippen molar-refractivity contribution in [1.29, 1.82) is 0 Å². The van der Waals surface area contributed by atoms with Crippen molar-refractivity contribution in [3.63, 3.8) is 0 Å². The number of methoxy groups -OCH3 is 1. The second-order valence-electron chi connectivity index (χ2n) is 7.17. The number of carbonyl (C=O) groups excluding carboxylic acids is 1. The van der Waals surface area contributed by atoms with Gasteiger partial charge in [-0.25, -0.2) is 19.0 Å². The molecule has 0 aliphatic heterocycles. The predicted octanol–water partition coefficient (Wildman–Crippen LogP) is 2.42. The number of hydrogen-bond acceptors (Lipinski definition) is 6. The second-order valence-corrected chi connectivity index (χ2v) is 7.17. The van der Waals surface area contributed by atoms with Gasteiger partial charge in [-0.3, -0.25) is 4.79 Å². The number of carbonyl (C=O) groups is 1. The zero-order chi connectivity index (χ0) is 21.3. The maximum absolute atomic E-state index is 14.1. The first-order valence-electron chi connectivity index (χ1n) is 9.65. The Hall–Kier alpha value is -3.33. The topological polar surface area (TPSA) is 93.4 Å². The molecule has 3 aromatic rings. The lowest BCUT2D eigenvalue weighted by molar-refractivity contribution is 0.0765. The number of aliphatic hydroxyl groups is 1. The summed E-state index contributed by atoms with van der Waals surface area (Å²) in [5.41, 5.74) is 2.36. The van der Waals surface area contributed by atoms with E-state index >= 15 is 0 Å². The molecule has 30 heavy (non-hydrogen) atoms. The normalized spacial score (nSPS) is 13.3. The van der Waals surface area contributed by atoms with Gasteiger partial charge in [-0.05, 0) is 37.1 Å². The fraction of sp³-hybridized carbons (Fsp3) is 0.333. The maximum atomic E-state index is 14.1. The molecule has 2 heterocycles. The summed E-state index contributed by atoms with van der Waals surface area (Å²) in [5, 5.41) is 13.5. The first kappa shape index (κ1) is 20.0. The lowest BCUT2D eigenvalue weighted by atomic mass is 10.1. The number of aromatic nitrogens is 4. The van der Waals surface area contributed by atoms with Crippen LogP contribution in [0.4, 0.5) is 4.39 Å². The van der Waals surface area contributed by atoms with Gasteiger partial charge in [0, 0.05) is 31.3 Å². The van der Waals surface area contributed by atoms with Crippen molar-refractivity contribution in [2.45, 2.75) is 18.8 Å². The van der Waals surface area contributed by atoms with E-state index in [0.29, 0.717) is 22.8 Å². The van der Waals surface area contributed by atoms with Gasteiger partial charge in [-0.2, -0.15) is 5.10 Å². The van der Waals surface area contributed by atoms with E-state index in [0.717, 1.165) is 18.5 Å². The Morgan fingerprint density at radius 1 is 1.37 bits per heavy atom. The van der Waals surface area contributed by atoms with E-state index in [9.17, 15) is 9.18 Å². The maximum Gasteiger partial charge on any atom is 0.257 e. The highest BCUT2D eigenvalue weighted by Crippen LogP contribution is 2.42. The minimum Gasteiger partial charge on any atom is -0.494 e. The minimum absolute atomic E-state index is 0.112.